The van der Waals surface area contributed by atoms with Crippen molar-refractivity contribution < 1.29 is 4.79 Å². The fourth-order valence-electron chi connectivity index (χ4n) is 4.97. The number of aryl methyl sites for hydroxylation is 1. The summed E-state index contributed by atoms with van der Waals surface area (Å²) in [5.41, 5.74) is 3.07. The van der Waals surface area contributed by atoms with Crippen molar-refractivity contribution in [1.29, 1.82) is 5.26 Å². The van der Waals surface area contributed by atoms with Crippen LogP contribution >= 0.6 is 15.9 Å². The highest BCUT2D eigenvalue weighted by atomic mass is 79.9. The van der Waals surface area contributed by atoms with E-state index in [1.54, 1.807) is 6.20 Å². The van der Waals surface area contributed by atoms with Gasteiger partial charge in [0, 0.05) is 48.1 Å². The second-order valence-electron chi connectivity index (χ2n) is 9.08. The van der Waals surface area contributed by atoms with E-state index >= 15 is 0 Å². The van der Waals surface area contributed by atoms with E-state index in [-0.39, 0.29) is 17.9 Å². The van der Waals surface area contributed by atoms with Gasteiger partial charge < -0.3 is 9.80 Å². The maximum absolute atomic E-state index is 13.3. The number of carbonyl (C=O) groups excluding carboxylic acids is 1. The number of nitriles is 1. The highest BCUT2D eigenvalue weighted by Gasteiger charge is 2.33. The Morgan fingerprint density at radius 3 is 2.91 bits per heavy atom. The molecule has 0 aromatic carbocycles. The summed E-state index contributed by atoms with van der Waals surface area (Å²) in [5, 5.41) is 14.2. The molecule has 0 radical (unpaired) electrons. The number of pyridine rings is 1. The maximum atomic E-state index is 13.3. The van der Waals surface area contributed by atoms with Crippen molar-refractivity contribution in [3.63, 3.8) is 0 Å². The van der Waals surface area contributed by atoms with Crippen molar-refractivity contribution in [2.45, 2.75) is 39.2 Å². The molecule has 33 heavy (non-hydrogen) atoms. The van der Waals surface area contributed by atoms with Gasteiger partial charge in [-0.05, 0) is 60.2 Å². The van der Waals surface area contributed by atoms with E-state index in [1.165, 1.54) is 0 Å². The van der Waals surface area contributed by atoms with Gasteiger partial charge in [-0.2, -0.15) is 10.4 Å². The number of aromatic nitrogens is 4. The molecule has 3 atom stereocenters. The molecular formula is C24H26BrN7O. The van der Waals surface area contributed by atoms with Crippen LogP contribution in [0, 0.1) is 30.1 Å². The molecule has 2 aliphatic heterocycles. The number of likely N-dealkylation sites (tertiary alicyclic amines) is 1. The van der Waals surface area contributed by atoms with Crippen LogP contribution in [0.2, 0.25) is 0 Å². The van der Waals surface area contributed by atoms with Gasteiger partial charge in [0.05, 0.1) is 23.7 Å². The van der Waals surface area contributed by atoms with Gasteiger partial charge in [0.25, 0.3) is 5.91 Å². The molecule has 5 rings (SSSR count). The molecule has 2 aliphatic rings. The SMILES string of the molecule is Cc1cn2nc([C@@H]3CCCCN3C(=O)c3ncccc3Br)cc2nc1N1C[C@@H](C#N)[C@@H](C)C1. The monoisotopic (exact) mass is 507 g/mol. The fourth-order valence-corrected chi connectivity index (χ4v) is 5.40. The smallest absolute Gasteiger partial charge is 0.274 e. The van der Waals surface area contributed by atoms with Gasteiger partial charge in [0.1, 0.15) is 11.5 Å². The number of fused-ring (bicyclic) bond motifs is 1. The molecule has 0 saturated carbocycles. The molecule has 5 heterocycles. The molecule has 170 valence electrons. The third kappa shape index (κ3) is 3.97. The number of carbonyl (C=O) groups is 1. The zero-order chi connectivity index (χ0) is 23.1. The average molecular weight is 508 g/mol. The molecule has 2 saturated heterocycles. The molecule has 3 aromatic heterocycles. The van der Waals surface area contributed by atoms with Crippen LogP contribution in [0.15, 0.2) is 35.1 Å². The number of halogens is 1. The maximum Gasteiger partial charge on any atom is 0.274 e. The van der Waals surface area contributed by atoms with Gasteiger partial charge in [0.2, 0.25) is 0 Å². The van der Waals surface area contributed by atoms with Crippen LogP contribution in [-0.2, 0) is 0 Å². The number of nitrogens with zero attached hydrogens (tertiary/aromatic N) is 7. The summed E-state index contributed by atoms with van der Waals surface area (Å²) in [4.78, 5) is 26.7. The highest BCUT2D eigenvalue weighted by Crippen LogP contribution is 2.34. The van der Waals surface area contributed by atoms with Gasteiger partial charge in [0.15, 0.2) is 5.65 Å². The van der Waals surface area contributed by atoms with Crippen LogP contribution in [0.25, 0.3) is 5.65 Å². The van der Waals surface area contributed by atoms with Gasteiger partial charge in [-0.3, -0.25) is 4.79 Å². The molecule has 1 amide bonds. The zero-order valence-corrected chi connectivity index (χ0v) is 20.4. The molecule has 0 N–H and O–H groups in total. The quantitative estimate of drug-likeness (QED) is 0.528. The van der Waals surface area contributed by atoms with Crippen molar-refractivity contribution in [1.82, 2.24) is 24.5 Å². The van der Waals surface area contributed by atoms with Crippen molar-refractivity contribution in [2.75, 3.05) is 24.5 Å². The second-order valence-corrected chi connectivity index (χ2v) is 9.94. The molecule has 0 spiro atoms. The van der Waals surface area contributed by atoms with E-state index in [0.717, 1.165) is 48.5 Å². The predicted octanol–water partition coefficient (Wildman–Crippen LogP) is 4.16. The highest BCUT2D eigenvalue weighted by molar-refractivity contribution is 9.10. The van der Waals surface area contributed by atoms with E-state index < -0.39 is 0 Å². The summed E-state index contributed by atoms with van der Waals surface area (Å²) in [6.45, 7) is 6.36. The van der Waals surface area contributed by atoms with Crippen LogP contribution in [0.1, 0.15) is 54.0 Å². The van der Waals surface area contributed by atoms with E-state index in [1.807, 2.05) is 40.7 Å². The van der Waals surface area contributed by atoms with E-state index in [2.05, 4.69) is 38.8 Å². The molecular weight excluding hydrogens is 482 g/mol. The lowest BCUT2D eigenvalue weighted by Crippen LogP contribution is -2.39. The van der Waals surface area contributed by atoms with Crippen molar-refractivity contribution in [3.05, 3.63) is 52.0 Å². The lowest BCUT2D eigenvalue weighted by atomic mass is 9.99. The molecule has 0 bridgehead atoms. The number of hydrogen-bond donors (Lipinski definition) is 0. The molecule has 8 nitrogen and oxygen atoms in total. The molecule has 0 unspecified atom stereocenters. The van der Waals surface area contributed by atoms with E-state index in [0.29, 0.717) is 29.2 Å². The number of amides is 1. The zero-order valence-electron chi connectivity index (χ0n) is 18.8. The van der Waals surface area contributed by atoms with Gasteiger partial charge >= 0.3 is 0 Å². The van der Waals surface area contributed by atoms with Crippen molar-refractivity contribution in [2.24, 2.45) is 11.8 Å². The predicted molar refractivity (Wildman–Crippen MR) is 128 cm³/mol. The first-order valence-electron chi connectivity index (χ1n) is 11.4. The molecule has 0 aliphatic carbocycles. The third-order valence-corrected chi connectivity index (χ3v) is 7.41. The van der Waals surface area contributed by atoms with Crippen LogP contribution in [0.5, 0.6) is 0 Å². The minimum Gasteiger partial charge on any atom is -0.355 e. The minimum atomic E-state index is -0.111. The summed E-state index contributed by atoms with van der Waals surface area (Å²) in [6.07, 6.45) is 6.51. The lowest BCUT2D eigenvalue weighted by molar-refractivity contribution is 0.0598. The lowest BCUT2D eigenvalue weighted by Gasteiger charge is -2.34. The Kier molecular flexibility index (Phi) is 5.79. The Morgan fingerprint density at radius 1 is 1.30 bits per heavy atom. The van der Waals surface area contributed by atoms with Gasteiger partial charge in [-0.1, -0.05) is 6.92 Å². The van der Waals surface area contributed by atoms with Crippen LogP contribution in [0.4, 0.5) is 5.82 Å². The van der Waals surface area contributed by atoms with Gasteiger partial charge in [-0.25, -0.2) is 14.5 Å². The number of anilines is 1. The Balaban J connectivity index is 1.47. The number of piperidine rings is 1. The van der Waals surface area contributed by atoms with Crippen LogP contribution in [-0.4, -0.2) is 50.0 Å². The summed E-state index contributed by atoms with van der Waals surface area (Å²) < 4.78 is 2.51. The second kappa shape index (κ2) is 8.75. The summed E-state index contributed by atoms with van der Waals surface area (Å²) >= 11 is 3.46. The number of hydrogen-bond acceptors (Lipinski definition) is 6. The summed E-state index contributed by atoms with van der Waals surface area (Å²) in [5.74, 6) is 1.17. The molecule has 3 aromatic rings. The minimum absolute atomic E-state index is 0.0237. The van der Waals surface area contributed by atoms with Crippen LogP contribution < -0.4 is 4.90 Å². The molecule has 9 heteroatoms. The normalized spacial score (nSPS) is 23.2. The first-order valence-corrected chi connectivity index (χ1v) is 12.2. The Bertz CT molecular complexity index is 1250. The van der Waals surface area contributed by atoms with E-state index in [9.17, 15) is 10.1 Å². The Hall–Kier alpha value is -2.99. The first-order chi connectivity index (χ1) is 16.0. The first kappa shape index (κ1) is 21.8. The number of rotatable bonds is 3. The Morgan fingerprint density at radius 2 is 2.15 bits per heavy atom. The topological polar surface area (TPSA) is 90.4 Å². The molecule has 2 fully saturated rings. The summed E-state index contributed by atoms with van der Waals surface area (Å²) in [6, 6.07) is 7.95. The van der Waals surface area contributed by atoms with Crippen molar-refractivity contribution in [3.8, 4) is 6.07 Å². The summed E-state index contributed by atoms with van der Waals surface area (Å²) in [7, 11) is 0. The van der Waals surface area contributed by atoms with E-state index in [4.69, 9.17) is 10.1 Å². The fraction of sp³-hybridized carbons (Fsp3) is 0.458. The average Bonchev–Trinajstić information content (AvgIpc) is 3.40. The van der Waals surface area contributed by atoms with Crippen molar-refractivity contribution >= 4 is 33.3 Å². The third-order valence-electron chi connectivity index (χ3n) is 6.77. The van der Waals surface area contributed by atoms with Gasteiger partial charge in [-0.15, -0.1) is 0 Å². The largest absolute Gasteiger partial charge is 0.355 e. The standard InChI is InChI=1S/C24H26BrN7O/c1-15-12-30(14-17(15)11-26)23-16(2)13-32-21(28-23)10-19(29-32)20-7-3-4-9-31(20)24(33)22-18(25)6-5-8-27-22/h5-6,8,10,13,15,17,20H,3-4,7,9,12,14H2,1-2H3/t15-,17+,20-/m0/s1. The Labute approximate surface area is 201 Å². The van der Waals surface area contributed by atoms with Crippen LogP contribution in [0.3, 0.4) is 0 Å².